The molecule has 3 aromatic rings. The first-order chi connectivity index (χ1) is 11.4. The lowest BCUT2D eigenvalue weighted by Gasteiger charge is -2.06. The summed E-state index contributed by atoms with van der Waals surface area (Å²) in [4.78, 5) is 31.4. The van der Waals surface area contributed by atoms with Gasteiger partial charge in [0.25, 0.3) is 5.56 Å². The molecule has 5 nitrogen and oxygen atoms in total. The van der Waals surface area contributed by atoms with Gasteiger partial charge in [-0.3, -0.25) is 9.59 Å². The van der Waals surface area contributed by atoms with Crippen LogP contribution in [0.5, 0.6) is 0 Å². The summed E-state index contributed by atoms with van der Waals surface area (Å²) in [5, 5.41) is 5.04. The Balaban J connectivity index is 1.69. The highest BCUT2D eigenvalue weighted by molar-refractivity contribution is 7.99. The van der Waals surface area contributed by atoms with Gasteiger partial charge in [-0.25, -0.2) is 13.8 Å². The van der Waals surface area contributed by atoms with Crippen molar-refractivity contribution in [1.82, 2.24) is 9.97 Å². The van der Waals surface area contributed by atoms with Crippen LogP contribution < -0.4 is 10.9 Å². The molecule has 0 radical (unpaired) electrons. The standard InChI is InChI=1S/C15H11F2N3O2S2/c1-7-5-23-14-12(7)13(22)19-15(20-14)24-6-11(21)18-10-3-2-8(16)4-9(10)17/h2-5H,6H2,1H3,(H,18,21)(H,19,20,22). The van der Waals surface area contributed by atoms with Crippen molar-refractivity contribution in [3.63, 3.8) is 0 Å². The number of nitrogens with zero attached hydrogens (tertiary/aromatic N) is 1. The number of thioether (sulfide) groups is 1. The third-order valence-electron chi connectivity index (χ3n) is 3.15. The van der Waals surface area contributed by atoms with Crippen molar-refractivity contribution in [1.29, 1.82) is 0 Å². The molecule has 0 spiro atoms. The molecule has 24 heavy (non-hydrogen) atoms. The molecule has 9 heteroatoms. The highest BCUT2D eigenvalue weighted by Gasteiger charge is 2.12. The summed E-state index contributed by atoms with van der Waals surface area (Å²) < 4.78 is 26.3. The molecule has 0 fully saturated rings. The summed E-state index contributed by atoms with van der Waals surface area (Å²) in [6.45, 7) is 1.83. The first-order valence-corrected chi connectivity index (χ1v) is 8.66. The molecule has 0 saturated heterocycles. The number of aromatic nitrogens is 2. The maximum atomic E-state index is 13.5. The van der Waals surface area contributed by atoms with Gasteiger partial charge in [0.05, 0.1) is 16.8 Å². The molecule has 124 valence electrons. The molecule has 1 aromatic carbocycles. The van der Waals surface area contributed by atoms with Gasteiger partial charge in [-0.2, -0.15) is 0 Å². The molecule has 0 unspecified atom stereocenters. The molecule has 3 rings (SSSR count). The molecule has 0 aliphatic rings. The number of carbonyl (C=O) groups excluding carboxylic acids is 1. The zero-order chi connectivity index (χ0) is 17.3. The summed E-state index contributed by atoms with van der Waals surface area (Å²) in [5.74, 6) is -2.14. The third kappa shape index (κ3) is 3.46. The largest absolute Gasteiger partial charge is 0.323 e. The normalized spacial score (nSPS) is 11.0. The van der Waals surface area contributed by atoms with Crippen LogP contribution in [0.3, 0.4) is 0 Å². The summed E-state index contributed by atoms with van der Waals surface area (Å²) in [6, 6.07) is 2.89. The zero-order valence-corrected chi connectivity index (χ0v) is 14.0. The van der Waals surface area contributed by atoms with Crippen molar-refractivity contribution in [3.05, 3.63) is 51.1 Å². The highest BCUT2D eigenvalue weighted by atomic mass is 32.2. The van der Waals surface area contributed by atoms with Crippen LogP contribution in [0.2, 0.25) is 0 Å². The molecule has 2 aromatic heterocycles. The predicted octanol–water partition coefficient (Wildman–Crippen LogP) is 3.30. The number of halogens is 2. The molecule has 2 N–H and O–H groups in total. The van der Waals surface area contributed by atoms with E-state index in [-0.39, 0.29) is 17.0 Å². The summed E-state index contributed by atoms with van der Waals surface area (Å²) >= 11 is 2.38. The smallest absolute Gasteiger partial charge is 0.260 e. The van der Waals surface area contributed by atoms with Gasteiger partial charge in [-0.1, -0.05) is 11.8 Å². The fourth-order valence-corrected chi connectivity index (χ4v) is 3.69. The minimum absolute atomic E-state index is 0.0738. The Kier molecular flexibility index (Phi) is 4.63. The number of hydrogen-bond acceptors (Lipinski definition) is 5. The highest BCUT2D eigenvalue weighted by Crippen LogP contribution is 2.22. The number of anilines is 1. The van der Waals surface area contributed by atoms with Crippen molar-refractivity contribution in [2.75, 3.05) is 11.1 Å². The molecular weight excluding hydrogens is 356 g/mol. The van der Waals surface area contributed by atoms with Crippen LogP contribution in [0.4, 0.5) is 14.5 Å². The first kappa shape index (κ1) is 16.6. The monoisotopic (exact) mass is 367 g/mol. The summed E-state index contributed by atoms with van der Waals surface area (Å²) in [5.41, 5.74) is 0.490. The quantitative estimate of drug-likeness (QED) is 0.548. The summed E-state index contributed by atoms with van der Waals surface area (Å²) in [6.07, 6.45) is 0. The number of benzene rings is 1. The van der Waals surface area contributed by atoms with Crippen LogP contribution in [0.1, 0.15) is 5.56 Å². The number of aromatic amines is 1. The van der Waals surface area contributed by atoms with Crippen LogP contribution in [0.25, 0.3) is 10.2 Å². The second-order valence-corrected chi connectivity index (χ2v) is 6.75. The average Bonchev–Trinajstić information content (AvgIpc) is 2.90. The van der Waals surface area contributed by atoms with Gasteiger partial charge in [-0.05, 0) is 30.0 Å². The first-order valence-electron chi connectivity index (χ1n) is 6.80. The molecule has 2 heterocycles. The third-order valence-corrected chi connectivity index (χ3v) is 5.01. The van der Waals surface area contributed by atoms with E-state index in [1.807, 2.05) is 12.3 Å². The summed E-state index contributed by atoms with van der Waals surface area (Å²) in [7, 11) is 0. The van der Waals surface area contributed by atoms with Crippen molar-refractivity contribution in [2.45, 2.75) is 12.1 Å². The lowest BCUT2D eigenvalue weighted by molar-refractivity contribution is -0.113. The van der Waals surface area contributed by atoms with E-state index in [1.165, 1.54) is 11.3 Å². The Morgan fingerprint density at radius 1 is 1.42 bits per heavy atom. The van der Waals surface area contributed by atoms with Gasteiger partial charge in [-0.15, -0.1) is 11.3 Å². The average molecular weight is 367 g/mol. The molecule has 0 saturated carbocycles. The Hall–Kier alpha value is -2.26. The maximum Gasteiger partial charge on any atom is 0.260 e. The Morgan fingerprint density at radius 2 is 2.21 bits per heavy atom. The number of thiophene rings is 1. The molecule has 1 amide bonds. The molecule has 0 atom stereocenters. The second-order valence-electron chi connectivity index (χ2n) is 4.93. The van der Waals surface area contributed by atoms with Gasteiger partial charge < -0.3 is 10.3 Å². The topological polar surface area (TPSA) is 74.8 Å². The number of rotatable bonds is 4. The van der Waals surface area contributed by atoms with Crippen LogP contribution in [0, 0.1) is 18.6 Å². The van der Waals surface area contributed by atoms with Gasteiger partial charge in [0.2, 0.25) is 5.91 Å². The number of nitrogens with one attached hydrogen (secondary N) is 2. The van der Waals surface area contributed by atoms with E-state index in [9.17, 15) is 18.4 Å². The molecule has 0 aliphatic heterocycles. The van der Waals surface area contributed by atoms with Crippen LogP contribution in [-0.2, 0) is 4.79 Å². The van der Waals surface area contributed by atoms with E-state index in [1.54, 1.807) is 0 Å². The number of carbonyl (C=O) groups is 1. The van der Waals surface area contributed by atoms with Crippen molar-refractivity contribution in [3.8, 4) is 0 Å². The van der Waals surface area contributed by atoms with Gasteiger partial charge >= 0.3 is 0 Å². The van der Waals surface area contributed by atoms with E-state index >= 15 is 0 Å². The minimum atomic E-state index is -0.852. The number of H-pyrrole nitrogens is 1. The fourth-order valence-electron chi connectivity index (χ4n) is 2.05. The van der Waals surface area contributed by atoms with Crippen molar-refractivity contribution >= 4 is 44.9 Å². The van der Waals surface area contributed by atoms with Crippen LogP contribution in [-0.4, -0.2) is 21.6 Å². The van der Waals surface area contributed by atoms with E-state index in [0.29, 0.717) is 21.4 Å². The molecular formula is C15H11F2N3O2S2. The van der Waals surface area contributed by atoms with Crippen LogP contribution >= 0.6 is 23.1 Å². The number of hydrogen-bond donors (Lipinski definition) is 2. The SMILES string of the molecule is Cc1csc2nc(SCC(=O)Nc3ccc(F)cc3F)[nH]c(=O)c12. The van der Waals surface area contributed by atoms with E-state index < -0.39 is 17.5 Å². The van der Waals surface area contributed by atoms with Gasteiger partial charge in [0, 0.05) is 6.07 Å². The lowest BCUT2D eigenvalue weighted by atomic mass is 10.3. The van der Waals surface area contributed by atoms with E-state index in [2.05, 4.69) is 15.3 Å². The number of aryl methyl sites for hydroxylation is 1. The van der Waals surface area contributed by atoms with Crippen molar-refractivity contribution < 1.29 is 13.6 Å². The number of fused-ring (bicyclic) bond motifs is 1. The second kappa shape index (κ2) is 6.70. The Bertz CT molecular complexity index is 984. The zero-order valence-electron chi connectivity index (χ0n) is 12.4. The predicted molar refractivity (Wildman–Crippen MR) is 90.7 cm³/mol. The molecule has 0 aliphatic carbocycles. The number of amides is 1. The fraction of sp³-hybridized carbons (Fsp3) is 0.133. The Morgan fingerprint density at radius 3 is 2.96 bits per heavy atom. The molecule has 0 bridgehead atoms. The van der Waals surface area contributed by atoms with Crippen LogP contribution in [0.15, 0.2) is 33.5 Å². The minimum Gasteiger partial charge on any atom is -0.323 e. The Labute approximate surface area is 143 Å². The van der Waals surface area contributed by atoms with E-state index in [4.69, 9.17) is 0 Å². The van der Waals surface area contributed by atoms with Crippen molar-refractivity contribution in [2.24, 2.45) is 0 Å². The maximum absolute atomic E-state index is 13.5. The van der Waals surface area contributed by atoms with E-state index in [0.717, 1.165) is 29.5 Å². The van der Waals surface area contributed by atoms with Gasteiger partial charge in [0.15, 0.2) is 5.16 Å². The lowest BCUT2D eigenvalue weighted by Crippen LogP contribution is -2.16. The van der Waals surface area contributed by atoms with Gasteiger partial charge in [0.1, 0.15) is 16.5 Å².